The predicted octanol–water partition coefficient (Wildman–Crippen LogP) is 2.60. The van der Waals surface area contributed by atoms with Gasteiger partial charge >= 0.3 is 0 Å². The lowest BCUT2D eigenvalue weighted by Crippen LogP contribution is -2.26. The number of aryl methyl sites for hydroxylation is 3. The van der Waals surface area contributed by atoms with Crippen LogP contribution in [0.4, 0.5) is 5.69 Å². The molecule has 0 spiro atoms. The molecule has 5 nitrogen and oxygen atoms in total. The number of anilines is 1. The molecule has 3 rings (SSSR count). The molecule has 1 amide bonds. The van der Waals surface area contributed by atoms with Gasteiger partial charge in [-0.3, -0.25) is 4.79 Å². The molecule has 0 fully saturated rings. The molecule has 1 aromatic heterocycles. The van der Waals surface area contributed by atoms with E-state index in [1.165, 1.54) is 17.7 Å². The first kappa shape index (κ1) is 14.6. The van der Waals surface area contributed by atoms with Crippen LogP contribution in [0.25, 0.3) is 0 Å². The highest BCUT2D eigenvalue weighted by Crippen LogP contribution is 2.26. The maximum atomic E-state index is 12.2. The number of carbonyl (C=O) groups excluding carboxylic acids is 1. The lowest BCUT2D eigenvalue weighted by Gasteiger charge is -2.27. The summed E-state index contributed by atoms with van der Waals surface area (Å²) in [5.41, 5.74) is 4.94. The zero-order valence-corrected chi connectivity index (χ0v) is 13.3. The van der Waals surface area contributed by atoms with E-state index in [0.717, 1.165) is 18.5 Å². The Kier molecular flexibility index (Phi) is 3.88. The number of aromatic nitrogens is 1. The maximum absolute atomic E-state index is 12.2. The fourth-order valence-electron chi connectivity index (χ4n) is 3.03. The SMILES string of the molecule is Cc1noc(C)c1C(=O)NCc1ccc2c(c1)CCCN2C. The zero-order valence-electron chi connectivity index (χ0n) is 13.3. The monoisotopic (exact) mass is 299 g/mol. The minimum Gasteiger partial charge on any atom is -0.374 e. The highest BCUT2D eigenvalue weighted by atomic mass is 16.5. The van der Waals surface area contributed by atoms with Crippen molar-refractivity contribution in [2.75, 3.05) is 18.5 Å². The van der Waals surface area contributed by atoms with Crippen LogP contribution in [0.1, 0.15) is 39.4 Å². The first-order chi connectivity index (χ1) is 10.6. The lowest BCUT2D eigenvalue weighted by molar-refractivity contribution is 0.0949. The number of hydrogen-bond acceptors (Lipinski definition) is 4. The number of fused-ring (bicyclic) bond motifs is 1. The van der Waals surface area contributed by atoms with Crippen LogP contribution in [-0.4, -0.2) is 24.7 Å². The molecule has 1 aliphatic heterocycles. The van der Waals surface area contributed by atoms with Gasteiger partial charge in [-0.1, -0.05) is 17.3 Å². The summed E-state index contributed by atoms with van der Waals surface area (Å²) in [6, 6.07) is 6.42. The van der Waals surface area contributed by atoms with Crippen LogP contribution < -0.4 is 10.2 Å². The Morgan fingerprint density at radius 3 is 2.95 bits per heavy atom. The second-order valence-electron chi connectivity index (χ2n) is 5.87. The van der Waals surface area contributed by atoms with Gasteiger partial charge in [0, 0.05) is 25.8 Å². The molecule has 0 aliphatic carbocycles. The normalized spacial score (nSPS) is 13.9. The summed E-state index contributed by atoms with van der Waals surface area (Å²) in [5.74, 6) is 0.424. The Balaban J connectivity index is 1.71. The van der Waals surface area contributed by atoms with E-state index in [1.807, 2.05) is 0 Å². The van der Waals surface area contributed by atoms with E-state index in [0.29, 0.717) is 23.6 Å². The van der Waals surface area contributed by atoms with E-state index in [1.54, 1.807) is 13.8 Å². The Morgan fingerprint density at radius 1 is 1.41 bits per heavy atom. The number of benzene rings is 1. The summed E-state index contributed by atoms with van der Waals surface area (Å²) in [6.07, 6.45) is 2.28. The average Bonchev–Trinajstić information content (AvgIpc) is 2.84. The van der Waals surface area contributed by atoms with E-state index < -0.39 is 0 Å². The summed E-state index contributed by atoms with van der Waals surface area (Å²) in [7, 11) is 2.12. The fourth-order valence-corrected chi connectivity index (χ4v) is 3.03. The number of nitrogens with zero attached hydrogens (tertiary/aromatic N) is 2. The van der Waals surface area contributed by atoms with E-state index in [2.05, 4.69) is 40.6 Å². The van der Waals surface area contributed by atoms with Gasteiger partial charge in [0.15, 0.2) is 0 Å². The van der Waals surface area contributed by atoms with Gasteiger partial charge in [0.05, 0.1) is 5.69 Å². The smallest absolute Gasteiger partial charge is 0.257 e. The Morgan fingerprint density at radius 2 is 2.23 bits per heavy atom. The summed E-state index contributed by atoms with van der Waals surface area (Å²) in [4.78, 5) is 14.5. The van der Waals surface area contributed by atoms with E-state index in [9.17, 15) is 4.79 Å². The van der Waals surface area contributed by atoms with Gasteiger partial charge in [0.1, 0.15) is 11.3 Å². The molecule has 1 aromatic carbocycles. The molecule has 0 saturated carbocycles. The molecule has 0 saturated heterocycles. The minimum atomic E-state index is -0.133. The highest BCUT2D eigenvalue weighted by molar-refractivity contribution is 5.96. The number of nitrogens with one attached hydrogen (secondary N) is 1. The van der Waals surface area contributed by atoms with E-state index in [-0.39, 0.29) is 5.91 Å². The third-order valence-electron chi connectivity index (χ3n) is 4.21. The topological polar surface area (TPSA) is 58.4 Å². The van der Waals surface area contributed by atoms with Crippen LogP contribution in [-0.2, 0) is 13.0 Å². The number of hydrogen-bond donors (Lipinski definition) is 1. The fraction of sp³-hybridized carbons (Fsp3) is 0.412. The molecule has 2 heterocycles. The molecular formula is C17H21N3O2. The molecule has 0 unspecified atom stereocenters. The van der Waals surface area contributed by atoms with Crippen LogP contribution in [0.15, 0.2) is 22.7 Å². The van der Waals surface area contributed by atoms with Crippen molar-refractivity contribution in [2.45, 2.75) is 33.2 Å². The third-order valence-corrected chi connectivity index (χ3v) is 4.21. The van der Waals surface area contributed by atoms with Gasteiger partial charge in [0.25, 0.3) is 5.91 Å². The Hall–Kier alpha value is -2.30. The summed E-state index contributed by atoms with van der Waals surface area (Å²) in [5, 5.41) is 6.77. The summed E-state index contributed by atoms with van der Waals surface area (Å²) < 4.78 is 5.04. The van der Waals surface area contributed by atoms with Crippen molar-refractivity contribution in [1.29, 1.82) is 0 Å². The molecule has 1 aliphatic rings. The Bertz CT molecular complexity index is 686. The number of carbonyl (C=O) groups is 1. The van der Waals surface area contributed by atoms with Gasteiger partial charge < -0.3 is 14.7 Å². The molecule has 5 heteroatoms. The largest absolute Gasteiger partial charge is 0.374 e. The summed E-state index contributed by atoms with van der Waals surface area (Å²) in [6.45, 7) is 5.15. The van der Waals surface area contributed by atoms with Crippen molar-refractivity contribution >= 4 is 11.6 Å². The van der Waals surface area contributed by atoms with Crippen LogP contribution >= 0.6 is 0 Å². The van der Waals surface area contributed by atoms with E-state index >= 15 is 0 Å². The second kappa shape index (κ2) is 5.83. The number of rotatable bonds is 3. The van der Waals surface area contributed by atoms with Gasteiger partial charge in [-0.2, -0.15) is 0 Å². The van der Waals surface area contributed by atoms with E-state index in [4.69, 9.17) is 4.52 Å². The quantitative estimate of drug-likeness (QED) is 0.946. The average molecular weight is 299 g/mol. The van der Waals surface area contributed by atoms with Crippen molar-refractivity contribution in [1.82, 2.24) is 10.5 Å². The molecule has 22 heavy (non-hydrogen) atoms. The van der Waals surface area contributed by atoms with Crippen LogP contribution in [0.5, 0.6) is 0 Å². The van der Waals surface area contributed by atoms with Crippen molar-refractivity contribution in [3.05, 3.63) is 46.3 Å². The van der Waals surface area contributed by atoms with Crippen molar-refractivity contribution in [3.63, 3.8) is 0 Å². The predicted molar refractivity (Wildman–Crippen MR) is 85.2 cm³/mol. The molecular weight excluding hydrogens is 278 g/mol. The van der Waals surface area contributed by atoms with Crippen molar-refractivity contribution in [2.24, 2.45) is 0 Å². The Labute approximate surface area is 130 Å². The molecule has 2 aromatic rings. The minimum absolute atomic E-state index is 0.133. The van der Waals surface area contributed by atoms with Gasteiger partial charge in [-0.25, -0.2) is 0 Å². The first-order valence-corrected chi connectivity index (χ1v) is 7.60. The van der Waals surface area contributed by atoms with Gasteiger partial charge in [-0.15, -0.1) is 0 Å². The van der Waals surface area contributed by atoms with Crippen molar-refractivity contribution < 1.29 is 9.32 Å². The molecule has 0 atom stereocenters. The van der Waals surface area contributed by atoms with Crippen LogP contribution in [0.3, 0.4) is 0 Å². The standard InChI is InChI=1S/C17H21N3O2/c1-11-16(12(2)22-19-11)17(21)18-10-13-6-7-15-14(9-13)5-4-8-20(15)3/h6-7,9H,4-5,8,10H2,1-3H3,(H,18,21). The van der Waals surface area contributed by atoms with Crippen molar-refractivity contribution in [3.8, 4) is 0 Å². The molecule has 0 radical (unpaired) electrons. The molecule has 0 bridgehead atoms. The maximum Gasteiger partial charge on any atom is 0.257 e. The number of amides is 1. The molecule has 1 N–H and O–H groups in total. The zero-order chi connectivity index (χ0) is 15.7. The van der Waals surface area contributed by atoms with Gasteiger partial charge in [-0.05, 0) is 43.9 Å². The van der Waals surface area contributed by atoms with Crippen LogP contribution in [0.2, 0.25) is 0 Å². The first-order valence-electron chi connectivity index (χ1n) is 7.60. The van der Waals surface area contributed by atoms with Crippen LogP contribution in [0, 0.1) is 13.8 Å². The third kappa shape index (κ3) is 2.71. The molecule has 116 valence electrons. The summed E-state index contributed by atoms with van der Waals surface area (Å²) >= 11 is 0. The lowest BCUT2D eigenvalue weighted by atomic mass is 9.99. The highest BCUT2D eigenvalue weighted by Gasteiger charge is 2.18. The second-order valence-corrected chi connectivity index (χ2v) is 5.87. The van der Waals surface area contributed by atoms with Gasteiger partial charge in [0.2, 0.25) is 0 Å².